The molecular weight excluding hydrogens is 360 g/mol. The first-order chi connectivity index (χ1) is 8.68. The molecule has 0 unspecified atom stereocenters. The van der Waals surface area contributed by atoms with Crippen LogP contribution >= 0.6 is 15.9 Å². The minimum absolute atomic E-state index is 0.0573. The van der Waals surface area contributed by atoms with Gasteiger partial charge in [-0.25, -0.2) is 0 Å². The lowest BCUT2D eigenvalue weighted by Gasteiger charge is -2.06. The van der Waals surface area contributed by atoms with Crippen LogP contribution in [0.15, 0.2) is 28.7 Å². The predicted molar refractivity (Wildman–Crippen MR) is 74.2 cm³/mol. The van der Waals surface area contributed by atoms with Crippen molar-refractivity contribution in [3.63, 3.8) is 0 Å². The van der Waals surface area contributed by atoms with E-state index in [9.17, 15) is 16.8 Å². The molecule has 1 aromatic rings. The van der Waals surface area contributed by atoms with Crippen molar-refractivity contribution >= 4 is 36.2 Å². The molecule has 0 bridgehead atoms. The maximum atomic E-state index is 11.6. The lowest BCUT2D eigenvalue weighted by molar-refractivity contribution is 0.474. The summed E-state index contributed by atoms with van der Waals surface area (Å²) in [6.45, 7) is 0. The van der Waals surface area contributed by atoms with Crippen molar-refractivity contribution in [1.29, 1.82) is 0 Å². The summed E-state index contributed by atoms with van der Waals surface area (Å²) in [4.78, 5) is 0. The molecule has 1 N–H and O–H groups in total. The van der Waals surface area contributed by atoms with Gasteiger partial charge in [0.05, 0.1) is 11.5 Å². The van der Waals surface area contributed by atoms with Crippen LogP contribution in [0.1, 0.15) is 12.8 Å². The fourth-order valence-corrected chi connectivity index (χ4v) is 3.12. The van der Waals surface area contributed by atoms with Gasteiger partial charge in [0.2, 0.25) is 0 Å². The molecule has 0 saturated heterocycles. The van der Waals surface area contributed by atoms with Crippen LogP contribution < -0.4 is 4.18 Å². The molecule has 0 aliphatic rings. The standard InChI is InChI=1S/C10H13BrO6S2/c11-9-3-5-10(6-4-9)17-19(15,16)8-2-1-7-18(12,13)14/h3-6H,1-2,7-8H2,(H,12,13,14). The lowest BCUT2D eigenvalue weighted by atomic mass is 10.3. The van der Waals surface area contributed by atoms with Crippen molar-refractivity contribution < 1.29 is 25.6 Å². The molecule has 19 heavy (non-hydrogen) atoms. The molecule has 0 saturated carbocycles. The lowest BCUT2D eigenvalue weighted by Crippen LogP contribution is -2.15. The highest BCUT2D eigenvalue weighted by Gasteiger charge is 2.13. The second-order valence-electron chi connectivity index (χ2n) is 3.79. The SMILES string of the molecule is O=S(=O)(O)CCCCS(=O)(=O)Oc1ccc(Br)cc1. The van der Waals surface area contributed by atoms with Crippen LogP contribution in [0.2, 0.25) is 0 Å². The van der Waals surface area contributed by atoms with Gasteiger partial charge in [0, 0.05) is 4.47 Å². The van der Waals surface area contributed by atoms with E-state index in [4.69, 9.17) is 8.74 Å². The van der Waals surface area contributed by atoms with E-state index in [1.54, 1.807) is 12.1 Å². The topological polar surface area (TPSA) is 97.7 Å². The van der Waals surface area contributed by atoms with Gasteiger partial charge in [-0.3, -0.25) is 4.55 Å². The van der Waals surface area contributed by atoms with Gasteiger partial charge >= 0.3 is 10.1 Å². The van der Waals surface area contributed by atoms with Gasteiger partial charge < -0.3 is 4.18 Å². The number of halogens is 1. The number of unbranched alkanes of at least 4 members (excludes halogenated alkanes) is 1. The minimum Gasteiger partial charge on any atom is -0.382 e. The maximum absolute atomic E-state index is 11.6. The average Bonchev–Trinajstić information content (AvgIpc) is 2.26. The molecule has 0 heterocycles. The van der Waals surface area contributed by atoms with Gasteiger partial charge in [0.15, 0.2) is 0 Å². The summed E-state index contributed by atoms with van der Waals surface area (Å²) in [5.74, 6) is -0.572. The quantitative estimate of drug-likeness (QED) is 0.445. The Balaban J connectivity index is 2.46. The molecule has 0 aromatic heterocycles. The summed E-state index contributed by atoms with van der Waals surface area (Å²) in [6, 6.07) is 6.28. The first-order valence-corrected chi connectivity index (χ1v) is 9.29. The van der Waals surface area contributed by atoms with E-state index < -0.39 is 26.0 Å². The second kappa shape index (κ2) is 6.69. The van der Waals surface area contributed by atoms with E-state index in [0.29, 0.717) is 0 Å². The van der Waals surface area contributed by atoms with Crippen molar-refractivity contribution in [1.82, 2.24) is 0 Å². The van der Waals surface area contributed by atoms with Crippen LogP contribution in [0.4, 0.5) is 0 Å². The molecule has 9 heteroatoms. The highest BCUT2D eigenvalue weighted by atomic mass is 79.9. The largest absolute Gasteiger partial charge is 0.382 e. The van der Waals surface area contributed by atoms with Crippen LogP contribution in [0.5, 0.6) is 5.75 Å². The van der Waals surface area contributed by atoms with Gasteiger partial charge in [-0.05, 0) is 37.1 Å². The van der Waals surface area contributed by atoms with E-state index in [2.05, 4.69) is 15.9 Å². The third kappa shape index (κ3) is 7.51. The third-order valence-corrected chi connectivity index (χ3v) is 4.65. The van der Waals surface area contributed by atoms with E-state index in [-0.39, 0.29) is 24.3 Å². The summed E-state index contributed by atoms with van der Waals surface area (Å²) in [5.41, 5.74) is 0. The van der Waals surface area contributed by atoms with Crippen LogP contribution in [0.3, 0.4) is 0 Å². The molecular formula is C10H13BrO6S2. The van der Waals surface area contributed by atoms with Gasteiger partial charge in [-0.15, -0.1) is 0 Å². The molecule has 0 aliphatic heterocycles. The zero-order valence-electron chi connectivity index (χ0n) is 9.82. The highest BCUT2D eigenvalue weighted by molar-refractivity contribution is 9.10. The molecule has 0 atom stereocenters. The zero-order valence-corrected chi connectivity index (χ0v) is 13.0. The Morgan fingerprint density at radius 2 is 1.53 bits per heavy atom. The van der Waals surface area contributed by atoms with Gasteiger partial charge in [-0.2, -0.15) is 16.8 Å². The van der Waals surface area contributed by atoms with E-state index in [1.165, 1.54) is 12.1 Å². The highest BCUT2D eigenvalue weighted by Crippen LogP contribution is 2.18. The molecule has 0 aliphatic carbocycles. The summed E-state index contributed by atoms with van der Waals surface area (Å²) in [7, 11) is -7.80. The Labute approximate surface area is 120 Å². The Bertz CT molecular complexity index is 606. The Kier molecular flexibility index (Phi) is 5.78. The maximum Gasteiger partial charge on any atom is 0.309 e. The minimum atomic E-state index is -4.05. The molecule has 0 radical (unpaired) electrons. The van der Waals surface area contributed by atoms with E-state index >= 15 is 0 Å². The van der Waals surface area contributed by atoms with E-state index in [1.807, 2.05) is 0 Å². The number of rotatable bonds is 7. The summed E-state index contributed by atoms with van der Waals surface area (Å²) in [5, 5.41) is 0. The number of hydrogen-bond donors (Lipinski definition) is 1. The van der Waals surface area contributed by atoms with Gasteiger partial charge in [0.25, 0.3) is 10.1 Å². The van der Waals surface area contributed by atoms with Gasteiger partial charge in [0.1, 0.15) is 5.75 Å². The third-order valence-electron chi connectivity index (χ3n) is 2.08. The van der Waals surface area contributed by atoms with Crippen molar-refractivity contribution in [2.45, 2.75) is 12.8 Å². The summed E-state index contributed by atoms with van der Waals surface area (Å²) < 4.78 is 58.1. The average molecular weight is 373 g/mol. The van der Waals surface area contributed by atoms with Crippen LogP contribution in [0.25, 0.3) is 0 Å². The van der Waals surface area contributed by atoms with Crippen molar-refractivity contribution in [3.8, 4) is 5.75 Å². The first kappa shape index (κ1) is 16.4. The molecule has 108 valence electrons. The molecule has 0 spiro atoms. The molecule has 6 nitrogen and oxygen atoms in total. The van der Waals surface area contributed by atoms with Crippen LogP contribution in [0, 0.1) is 0 Å². The summed E-state index contributed by atoms with van der Waals surface area (Å²) >= 11 is 3.21. The molecule has 1 aromatic carbocycles. The van der Waals surface area contributed by atoms with Crippen LogP contribution in [-0.2, 0) is 20.2 Å². The predicted octanol–water partition coefficient (Wildman–Crippen LogP) is 1.83. The Morgan fingerprint density at radius 3 is 2.05 bits per heavy atom. The normalized spacial score (nSPS) is 12.3. The molecule has 0 fully saturated rings. The Morgan fingerprint density at radius 1 is 1.00 bits per heavy atom. The second-order valence-corrected chi connectivity index (χ2v) is 7.97. The fraction of sp³-hybridized carbons (Fsp3) is 0.400. The zero-order chi connectivity index (χ0) is 14.5. The smallest absolute Gasteiger partial charge is 0.309 e. The fourth-order valence-electron chi connectivity index (χ4n) is 1.24. The van der Waals surface area contributed by atoms with Crippen LogP contribution in [-0.4, -0.2) is 32.9 Å². The van der Waals surface area contributed by atoms with E-state index in [0.717, 1.165) is 4.47 Å². The van der Waals surface area contributed by atoms with Crippen molar-refractivity contribution in [2.75, 3.05) is 11.5 Å². The monoisotopic (exact) mass is 372 g/mol. The Hall–Kier alpha value is -0.640. The van der Waals surface area contributed by atoms with Crippen molar-refractivity contribution in [3.05, 3.63) is 28.7 Å². The molecule has 1 rings (SSSR count). The number of benzene rings is 1. The summed E-state index contributed by atoms with van der Waals surface area (Å²) in [6.07, 6.45) is 0.153. The molecule has 0 amide bonds. The first-order valence-electron chi connectivity index (χ1n) is 5.31. The van der Waals surface area contributed by atoms with Gasteiger partial charge in [-0.1, -0.05) is 15.9 Å². The van der Waals surface area contributed by atoms with Crippen molar-refractivity contribution in [2.24, 2.45) is 0 Å². The number of hydrogen-bond acceptors (Lipinski definition) is 5.